The van der Waals surface area contributed by atoms with Crippen LogP contribution in [0.2, 0.25) is 0 Å². The summed E-state index contributed by atoms with van der Waals surface area (Å²) in [5.74, 6) is -2.42. The summed E-state index contributed by atoms with van der Waals surface area (Å²) in [5.41, 5.74) is 2.41. The van der Waals surface area contributed by atoms with Crippen LogP contribution in [0.3, 0.4) is 0 Å². The van der Waals surface area contributed by atoms with E-state index < -0.39 is 11.9 Å². The summed E-state index contributed by atoms with van der Waals surface area (Å²) in [5, 5.41) is 18.6. The highest BCUT2D eigenvalue weighted by atomic mass is 16.4. The van der Waals surface area contributed by atoms with Crippen molar-refractivity contribution in [2.45, 2.75) is 6.92 Å². The van der Waals surface area contributed by atoms with E-state index in [-0.39, 0.29) is 5.57 Å². The van der Waals surface area contributed by atoms with Gasteiger partial charge in [-0.3, -0.25) is 0 Å². The molecule has 0 amide bonds. The van der Waals surface area contributed by atoms with Crippen LogP contribution in [0, 0.1) is 0 Å². The zero-order chi connectivity index (χ0) is 21.1. The first-order valence-electron chi connectivity index (χ1n) is 7.83. The highest BCUT2D eigenvalue weighted by molar-refractivity contribution is 5.82. The molecular formula is C23H24O4-2. The molecule has 0 heterocycles. The summed E-state index contributed by atoms with van der Waals surface area (Å²) >= 11 is 0. The van der Waals surface area contributed by atoms with Gasteiger partial charge in [-0.1, -0.05) is 99.1 Å². The van der Waals surface area contributed by atoms with Gasteiger partial charge in [0.2, 0.25) is 0 Å². The Bertz CT molecular complexity index is 661. The van der Waals surface area contributed by atoms with Crippen LogP contribution in [0.25, 0.3) is 12.2 Å². The molecule has 0 spiro atoms. The van der Waals surface area contributed by atoms with Crippen molar-refractivity contribution in [2.24, 2.45) is 0 Å². The molecular weight excluding hydrogens is 340 g/mol. The van der Waals surface area contributed by atoms with Crippen LogP contribution in [0.15, 0.2) is 98.6 Å². The van der Waals surface area contributed by atoms with E-state index in [1.807, 2.05) is 72.8 Å². The van der Waals surface area contributed by atoms with Crippen molar-refractivity contribution in [1.29, 1.82) is 0 Å². The maximum Gasteiger partial charge on any atom is 0.0666 e. The molecule has 2 aromatic carbocycles. The highest BCUT2D eigenvalue weighted by Crippen LogP contribution is 1.98. The van der Waals surface area contributed by atoms with Gasteiger partial charge in [-0.25, -0.2) is 0 Å². The van der Waals surface area contributed by atoms with Crippen LogP contribution in [0.1, 0.15) is 18.1 Å². The van der Waals surface area contributed by atoms with E-state index in [2.05, 4.69) is 26.3 Å². The predicted octanol–water partition coefficient (Wildman–Crippen LogP) is 2.89. The molecule has 142 valence electrons. The van der Waals surface area contributed by atoms with Crippen molar-refractivity contribution in [3.63, 3.8) is 0 Å². The molecule has 4 nitrogen and oxygen atoms in total. The Balaban J connectivity index is 0. The molecule has 0 saturated heterocycles. The monoisotopic (exact) mass is 364 g/mol. The van der Waals surface area contributed by atoms with Crippen molar-refractivity contribution in [1.82, 2.24) is 0 Å². The standard InChI is InChI=1S/2C8H8.C4H6O2.C3H4O2/c2*1-2-8-6-4-3-5-7-8;1-3(2)4(5)6;1-2-3(4)5/h2*2-7H,1H2;1H2,2H3,(H,5,6);2H,1H2,(H,4,5)/p-2. The van der Waals surface area contributed by atoms with Gasteiger partial charge in [0.05, 0.1) is 11.9 Å². The second kappa shape index (κ2) is 17.2. The first kappa shape index (κ1) is 25.6. The SMILES string of the molecule is C=C(C)C(=O)[O-].C=CC(=O)[O-].C=Cc1ccccc1.C=Cc1ccccc1. The summed E-state index contributed by atoms with van der Waals surface area (Å²) in [6, 6.07) is 20.1. The Morgan fingerprint density at radius 3 is 1.15 bits per heavy atom. The van der Waals surface area contributed by atoms with Crippen LogP contribution < -0.4 is 10.2 Å². The van der Waals surface area contributed by atoms with Gasteiger partial charge in [-0.15, -0.1) is 0 Å². The molecule has 0 bridgehead atoms. The molecule has 0 aliphatic rings. The topological polar surface area (TPSA) is 80.3 Å². The molecule has 2 rings (SSSR count). The number of rotatable bonds is 4. The first-order valence-corrected chi connectivity index (χ1v) is 7.83. The molecule has 2 aromatic rings. The van der Waals surface area contributed by atoms with Crippen molar-refractivity contribution in [3.05, 3.63) is 110 Å². The Kier molecular flexibility index (Phi) is 16.3. The van der Waals surface area contributed by atoms with Crippen LogP contribution >= 0.6 is 0 Å². The maximum atomic E-state index is 9.49. The molecule has 0 aliphatic heterocycles. The van der Waals surface area contributed by atoms with Crippen LogP contribution in [-0.4, -0.2) is 11.9 Å². The summed E-state index contributed by atoms with van der Waals surface area (Å²) in [6.07, 6.45) is 4.39. The third-order valence-corrected chi connectivity index (χ3v) is 2.59. The lowest BCUT2D eigenvalue weighted by Crippen LogP contribution is -2.22. The minimum Gasteiger partial charge on any atom is -0.545 e. The van der Waals surface area contributed by atoms with Crippen LogP contribution in [-0.2, 0) is 9.59 Å². The van der Waals surface area contributed by atoms with Gasteiger partial charge in [0.15, 0.2) is 0 Å². The molecule has 0 aromatic heterocycles. The number of hydrogen-bond donors (Lipinski definition) is 0. The number of benzene rings is 2. The van der Waals surface area contributed by atoms with Gasteiger partial charge < -0.3 is 19.8 Å². The van der Waals surface area contributed by atoms with Crippen molar-refractivity contribution >= 4 is 24.1 Å². The number of carbonyl (C=O) groups excluding carboxylic acids is 2. The van der Waals surface area contributed by atoms with Gasteiger partial charge in [0.25, 0.3) is 0 Å². The van der Waals surface area contributed by atoms with Crippen molar-refractivity contribution in [3.8, 4) is 0 Å². The average Bonchev–Trinajstić information content (AvgIpc) is 2.70. The Hall–Kier alpha value is -3.66. The van der Waals surface area contributed by atoms with Crippen LogP contribution in [0.5, 0.6) is 0 Å². The van der Waals surface area contributed by atoms with Gasteiger partial charge in [0, 0.05) is 0 Å². The van der Waals surface area contributed by atoms with E-state index in [9.17, 15) is 9.90 Å². The molecule has 0 N–H and O–H groups in total. The zero-order valence-electron chi connectivity index (χ0n) is 15.5. The molecule has 0 unspecified atom stereocenters. The molecule has 0 aliphatic carbocycles. The summed E-state index contributed by atoms with van der Waals surface area (Å²) in [7, 11) is 0. The first-order chi connectivity index (χ1) is 12.8. The predicted molar refractivity (Wildman–Crippen MR) is 108 cm³/mol. The second-order valence-corrected chi connectivity index (χ2v) is 4.82. The second-order valence-electron chi connectivity index (χ2n) is 4.82. The molecule has 0 atom stereocenters. The van der Waals surface area contributed by atoms with E-state index in [1.54, 1.807) is 0 Å². The summed E-state index contributed by atoms with van der Waals surface area (Å²) < 4.78 is 0. The van der Waals surface area contributed by atoms with E-state index in [0.717, 1.165) is 6.08 Å². The van der Waals surface area contributed by atoms with E-state index >= 15 is 0 Å². The smallest absolute Gasteiger partial charge is 0.0666 e. The minimum atomic E-state index is -1.23. The lowest BCUT2D eigenvalue weighted by atomic mass is 10.2. The van der Waals surface area contributed by atoms with E-state index in [4.69, 9.17) is 9.90 Å². The molecule has 27 heavy (non-hydrogen) atoms. The number of carboxylic acid groups (broad SMARTS) is 2. The Labute approximate surface area is 161 Å². The number of carboxylic acids is 2. The van der Waals surface area contributed by atoms with Gasteiger partial charge in [-0.05, 0) is 29.7 Å². The van der Waals surface area contributed by atoms with Gasteiger partial charge >= 0.3 is 0 Å². The number of carbonyl (C=O) groups is 2. The lowest BCUT2D eigenvalue weighted by Gasteiger charge is -1.93. The quantitative estimate of drug-likeness (QED) is 0.781. The van der Waals surface area contributed by atoms with E-state index in [1.165, 1.54) is 18.1 Å². The fourth-order valence-electron chi connectivity index (χ4n) is 1.18. The molecule has 0 fully saturated rings. The fourth-order valence-corrected chi connectivity index (χ4v) is 1.18. The van der Waals surface area contributed by atoms with Crippen molar-refractivity contribution < 1.29 is 19.8 Å². The fraction of sp³-hybridized carbons (Fsp3) is 0.0435. The van der Waals surface area contributed by atoms with E-state index in [0.29, 0.717) is 0 Å². The van der Waals surface area contributed by atoms with Crippen LogP contribution in [0.4, 0.5) is 0 Å². The highest BCUT2D eigenvalue weighted by Gasteiger charge is 1.77. The Morgan fingerprint density at radius 2 is 1.04 bits per heavy atom. The zero-order valence-corrected chi connectivity index (χ0v) is 15.5. The largest absolute Gasteiger partial charge is 0.545 e. The normalized spacial score (nSPS) is 7.89. The lowest BCUT2D eigenvalue weighted by molar-refractivity contribution is -0.299. The molecule has 4 heteroatoms. The third-order valence-electron chi connectivity index (χ3n) is 2.59. The summed E-state index contributed by atoms with van der Waals surface area (Å²) in [6.45, 7) is 14.6. The maximum absolute atomic E-state index is 9.49. The molecule has 0 radical (unpaired) electrons. The number of hydrogen-bond acceptors (Lipinski definition) is 4. The molecule has 0 saturated carbocycles. The van der Waals surface area contributed by atoms with Gasteiger partial charge in [-0.2, -0.15) is 0 Å². The average molecular weight is 364 g/mol. The number of aliphatic carboxylic acids is 2. The van der Waals surface area contributed by atoms with Crippen molar-refractivity contribution in [2.75, 3.05) is 0 Å². The third kappa shape index (κ3) is 18.5. The Morgan fingerprint density at radius 1 is 0.778 bits per heavy atom. The van der Waals surface area contributed by atoms with Gasteiger partial charge in [0.1, 0.15) is 0 Å². The minimum absolute atomic E-state index is 0.0648. The summed E-state index contributed by atoms with van der Waals surface area (Å²) in [4.78, 5) is 18.6.